The van der Waals surface area contributed by atoms with Gasteiger partial charge in [-0.2, -0.15) is 0 Å². The molecule has 0 aliphatic rings. The fourth-order valence-corrected chi connectivity index (χ4v) is 2.24. The molecule has 1 atom stereocenters. The molecular formula is C19H23NO2. The van der Waals surface area contributed by atoms with Crippen molar-refractivity contribution in [2.24, 2.45) is 0 Å². The number of carbonyl (C=O) groups is 1. The van der Waals surface area contributed by atoms with Crippen molar-refractivity contribution >= 4 is 5.91 Å². The van der Waals surface area contributed by atoms with Crippen LogP contribution in [0.3, 0.4) is 0 Å². The average molecular weight is 297 g/mol. The minimum Gasteiger partial charge on any atom is -0.481 e. The molecule has 1 amide bonds. The predicted octanol–water partition coefficient (Wildman–Crippen LogP) is 3.51. The van der Waals surface area contributed by atoms with Gasteiger partial charge in [-0.05, 0) is 49.9 Å². The largest absolute Gasteiger partial charge is 0.481 e. The second-order valence-corrected chi connectivity index (χ2v) is 5.46. The molecule has 0 aliphatic heterocycles. The zero-order valence-electron chi connectivity index (χ0n) is 13.2. The number of hydrogen-bond acceptors (Lipinski definition) is 2. The molecule has 2 aromatic rings. The van der Waals surface area contributed by atoms with Gasteiger partial charge in [0.25, 0.3) is 5.91 Å². The monoisotopic (exact) mass is 297 g/mol. The Bertz CT molecular complexity index is 595. The van der Waals surface area contributed by atoms with Crippen LogP contribution in [0.1, 0.15) is 24.5 Å². The molecule has 3 heteroatoms. The first kappa shape index (κ1) is 16.1. The molecule has 0 heterocycles. The van der Waals surface area contributed by atoms with E-state index < -0.39 is 6.10 Å². The van der Waals surface area contributed by atoms with Crippen molar-refractivity contribution in [3.05, 3.63) is 65.7 Å². The number of carbonyl (C=O) groups excluding carboxylic acids is 1. The molecule has 116 valence electrons. The summed E-state index contributed by atoms with van der Waals surface area (Å²) < 4.78 is 5.66. The van der Waals surface area contributed by atoms with E-state index in [2.05, 4.69) is 17.4 Å². The van der Waals surface area contributed by atoms with Crippen LogP contribution in [-0.2, 0) is 11.2 Å². The van der Waals surface area contributed by atoms with Crippen molar-refractivity contribution in [2.75, 3.05) is 6.54 Å². The van der Waals surface area contributed by atoms with E-state index in [-0.39, 0.29) is 5.91 Å². The van der Waals surface area contributed by atoms with Crippen molar-refractivity contribution in [1.29, 1.82) is 0 Å². The summed E-state index contributed by atoms with van der Waals surface area (Å²) in [6.07, 6.45) is 1.40. The third-order valence-electron chi connectivity index (χ3n) is 3.46. The lowest BCUT2D eigenvalue weighted by Crippen LogP contribution is -2.36. The zero-order valence-corrected chi connectivity index (χ0v) is 13.2. The summed E-state index contributed by atoms with van der Waals surface area (Å²) in [6.45, 7) is 4.44. The summed E-state index contributed by atoms with van der Waals surface area (Å²) in [5, 5.41) is 2.92. The maximum Gasteiger partial charge on any atom is 0.260 e. The van der Waals surface area contributed by atoms with E-state index >= 15 is 0 Å². The Morgan fingerprint density at radius 1 is 1.14 bits per heavy atom. The van der Waals surface area contributed by atoms with Gasteiger partial charge in [-0.3, -0.25) is 4.79 Å². The minimum atomic E-state index is -0.487. The number of ether oxygens (including phenoxy) is 1. The Hall–Kier alpha value is -2.29. The van der Waals surface area contributed by atoms with Gasteiger partial charge >= 0.3 is 0 Å². The van der Waals surface area contributed by atoms with Crippen LogP contribution in [0.4, 0.5) is 0 Å². The molecule has 2 aromatic carbocycles. The topological polar surface area (TPSA) is 38.3 Å². The first-order valence-corrected chi connectivity index (χ1v) is 7.70. The molecule has 0 aromatic heterocycles. The zero-order chi connectivity index (χ0) is 15.8. The van der Waals surface area contributed by atoms with Gasteiger partial charge in [0.1, 0.15) is 5.75 Å². The molecule has 3 nitrogen and oxygen atoms in total. The van der Waals surface area contributed by atoms with Gasteiger partial charge in [-0.25, -0.2) is 0 Å². The molecular weight excluding hydrogens is 274 g/mol. The smallest absolute Gasteiger partial charge is 0.260 e. The van der Waals surface area contributed by atoms with Crippen LogP contribution in [0.15, 0.2) is 54.6 Å². The van der Waals surface area contributed by atoms with Crippen LogP contribution in [0.25, 0.3) is 0 Å². The highest BCUT2D eigenvalue weighted by atomic mass is 16.5. The molecule has 2 rings (SSSR count). The van der Waals surface area contributed by atoms with Gasteiger partial charge in [0.2, 0.25) is 0 Å². The molecule has 22 heavy (non-hydrogen) atoms. The minimum absolute atomic E-state index is 0.0745. The second kappa shape index (κ2) is 8.23. The van der Waals surface area contributed by atoms with Crippen LogP contribution >= 0.6 is 0 Å². The third kappa shape index (κ3) is 5.24. The lowest BCUT2D eigenvalue weighted by atomic mass is 10.1. The van der Waals surface area contributed by atoms with Crippen molar-refractivity contribution in [2.45, 2.75) is 32.8 Å². The van der Waals surface area contributed by atoms with Crippen LogP contribution < -0.4 is 10.1 Å². The summed E-state index contributed by atoms with van der Waals surface area (Å²) in [5.74, 6) is 0.654. The van der Waals surface area contributed by atoms with Crippen molar-refractivity contribution in [1.82, 2.24) is 5.32 Å². The molecule has 0 aliphatic carbocycles. The predicted molar refractivity (Wildman–Crippen MR) is 89.0 cm³/mol. The summed E-state index contributed by atoms with van der Waals surface area (Å²) in [7, 11) is 0. The van der Waals surface area contributed by atoms with Crippen LogP contribution in [-0.4, -0.2) is 18.6 Å². The fraction of sp³-hybridized carbons (Fsp3) is 0.316. The molecule has 1 N–H and O–H groups in total. The standard InChI is InChI=1S/C19H23NO2/c1-15-8-6-12-18(14-15)22-16(2)19(21)20-13-7-11-17-9-4-3-5-10-17/h3-6,8-10,12,14,16H,7,11,13H2,1-2H3,(H,20,21)/t16-/m1/s1. The summed E-state index contributed by atoms with van der Waals surface area (Å²) in [6, 6.07) is 18.0. The number of aryl methyl sites for hydroxylation is 2. The molecule has 0 fully saturated rings. The van der Waals surface area contributed by atoms with E-state index in [1.165, 1.54) is 5.56 Å². The average Bonchev–Trinajstić information content (AvgIpc) is 2.52. The highest BCUT2D eigenvalue weighted by molar-refractivity contribution is 5.80. The lowest BCUT2D eigenvalue weighted by Gasteiger charge is -2.15. The highest BCUT2D eigenvalue weighted by Crippen LogP contribution is 2.14. The third-order valence-corrected chi connectivity index (χ3v) is 3.46. The molecule has 0 unspecified atom stereocenters. The number of benzene rings is 2. The molecule has 0 bridgehead atoms. The van der Waals surface area contributed by atoms with E-state index in [1.54, 1.807) is 6.92 Å². The van der Waals surface area contributed by atoms with Gasteiger partial charge in [0.05, 0.1) is 0 Å². The Morgan fingerprint density at radius 2 is 1.91 bits per heavy atom. The fourth-order valence-electron chi connectivity index (χ4n) is 2.24. The number of amides is 1. The lowest BCUT2D eigenvalue weighted by molar-refractivity contribution is -0.127. The SMILES string of the molecule is Cc1cccc(O[C@H](C)C(=O)NCCCc2ccccc2)c1. The van der Waals surface area contributed by atoms with Gasteiger partial charge in [0, 0.05) is 6.54 Å². The normalized spacial score (nSPS) is 11.7. The summed E-state index contributed by atoms with van der Waals surface area (Å²) in [5.41, 5.74) is 2.41. The highest BCUT2D eigenvalue weighted by Gasteiger charge is 2.13. The van der Waals surface area contributed by atoms with E-state index in [0.717, 1.165) is 24.2 Å². The Kier molecular flexibility index (Phi) is 6.01. The Balaban J connectivity index is 1.70. The van der Waals surface area contributed by atoms with Gasteiger partial charge in [-0.15, -0.1) is 0 Å². The van der Waals surface area contributed by atoms with E-state index in [0.29, 0.717) is 6.54 Å². The molecule has 0 spiro atoms. The van der Waals surface area contributed by atoms with Gasteiger partial charge in [0.15, 0.2) is 6.10 Å². The van der Waals surface area contributed by atoms with Gasteiger partial charge < -0.3 is 10.1 Å². The van der Waals surface area contributed by atoms with E-state index in [9.17, 15) is 4.79 Å². The maximum atomic E-state index is 12.0. The first-order chi connectivity index (χ1) is 10.6. The van der Waals surface area contributed by atoms with Crippen molar-refractivity contribution < 1.29 is 9.53 Å². The van der Waals surface area contributed by atoms with Crippen molar-refractivity contribution in [3.8, 4) is 5.75 Å². The van der Waals surface area contributed by atoms with Crippen LogP contribution in [0, 0.1) is 6.92 Å². The van der Waals surface area contributed by atoms with Crippen molar-refractivity contribution in [3.63, 3.8) is 0 Å². The van der Waals surface area contributed by atoms with E-state index in [1.807, 2.05) is 49.4 Å². The Morgan fingerprint density at radius 3 is 2.64 bits per heavy atom. The Labute approximate surface area is 132 Å². The summed E-state index contributed by atoms with van der Waals surface area (Å²) >= 11 is 0. The quantitative estimate of drug-likeness (QED) is 0.794. The number of hydrogen-bond donors (Lipinski definition) is 1. The summed E-state index contributed by atoms with van der Waals surface area (Å²) in [4.78, 5) is 12.0. The number of rotatable bonds is 7. The number of nitrogens with one attached hydrogen (secondary N) is 1. The maximum absolute atomic E-state index is 12.0. The van der Waals surface area contributed by atoms with Crippen LogP contribution in [0.2, 0.25) is 0 Å². The second-order valence-electron chi connectivity index (χ2n) is 5.46. The van der Waals surface area contributed by atoms with Gasteiger partial charge in [-0.1, -0.05) is 42.5 Å². The molecule has 0 radical (unpaired) electrons. The molecule has 0 saturated carbocycles. The van der Waals surface area contributed by atoms with Crippen LogP contribution in [0.5, 0.6) is 5.75 Å². The first-order valence-electron chi connectivity index (χ1n) is 7.70. The molecule has 0 saturated heterocycles. The van der Waals surface area contributed by atoms with E-state index in [4.69, 9.17) is 4.74 Å².